The molecule has 1 aliphatic heterocycles. The van der Waals surface area contributed by atoms with Crippen molar-refractivity contribution in [2.24, 2.45) is 7.05 Å². The number of hydrogen-bond donors (Lipinski definition) is 2. The summed E-state index contributed by atoms with van der Waals surface area (Å²) < 4.78 is 18.1. The number of halogens is 2. The Morgan fingerprint density at radius 3 is 2.49 bits per heavy atom. The topological polar surface area (TPSA) is 99.8 Å². The number of likely N-dealkylation sites (N-methyl/N-ethyl adjacent to an activating group) is 1. The summed E-state index contributed by atoms with van der Waals surface area (Å²) in [7, 11) is 3.95. The number of aryl methyl sites for hydroxylation is 1. The Bertz CT molecular complexity index is 1780. The third-order valence-corrected chi connectivity index (χ3v) is 7.54. The Morgan fingerprint density at radius 1 is 0.930 bits per heavy atom. The number of para-hydroxylation sites is 1. The SMILES string of the molecule is CN1CCN(c2ccccc2CNC(=O)c2ccc(F)c(NC(=O)c3cnc4cc(-c5cnn(C)c5)ccn34)c2)CC1.Cl. The lowest BCUT2D eigenvalue weighted by Crippen LogP contribution is -2.45. The maximum Gasteiger partial charge on any atom is 0.274 e. The highest BCUT2D eigenvalue weighted by Crippen LogP contribution is 2.24. The number of anilines is 2. The molecule has 1 saturated heterocycles. The van der Waals surface area contributed by atoms with E-state index < -0.39 is 11.7 Å². The number of hydrogen-bond acceptors (Lipinski definition) is 6. The summed E-state index contributed by atoms with van der Waals surface area (Å²) in [5.74, 6) is -1.56. The number of nitrogens with one attached hydrogen (secondary N) is 2. The molecule has 222 valence electrons. The molecule has 5 aromatic rings. The molecule has 2 N–H and O–H groups in total. The molecule has 6 rings (SSSR count). The van der Waals surface area contributed by atoms with Crippen molar-refractivity contribution < 1.29 is 14.0 Å². The van der Waals surface area contributed by atoms with E-state index in [2.05, 4.69) is 43.6 Å². The second-order valence-electron chi connectivity index (χ2n) is 10.4. The molecule has 3 aromatic heterocycles. The molecule has 0 unspecified atom stereocenters. The van der Waals surface area contributed by atoms with Crippen molar-refractivity contribution in [2.75, 3.05) is 43.4 Å². The Labute approximate surface area is 254 Å². The highest BCUT2D eigenvalue weighted by atomic mass is 35.5. The van der Waals surface area contributed by atoms with Crippen LogP contribution in [0, 0.1) is 5.82 Å². The van der Waals surface area contributed by atoms with Gasteiger partial charge in [0.2, 0.25) is 0 Å². The molecule has 2 aromatic carbocycles. The van der Waals surface area contributed by atoms with E-state index in [1.165, 1.54) is 24.4 Å². The molecule has 0 saturated carbocycles. The van der Waals surface area contributed by atoms with E-state index in [0.29, 0.717) is 12.2 Å². The maximum atomic E-state index is 14.7. The van der Waals surface area contributed by atoms with E-state index in [0.717, 1.165) is 48.6 Å². The van der Waals surface area contributed by atoms with Gasteiger partial charge in [-0.15, -0.1) is 12.4 Å². The number of aromatic nitrogens is 4. The molecule has 1 fully saturated rings. The highest BCUT2D eigenvalue weighted by Gasteiger charge is 2.19. The van der Waals surface area contributed by atoms with Gasteiger partial charge >= 0.3 is 0 Å². The summed E-state index contributed by atoms with van der Waals surface area (Å²) in [5.41, 5.74) is 4.88. The van der Waals surface area contributed by atoms with Gasteiger partial charge in [0.15, 0.2) is 0 Å². The summed E-state index contributed by atoms with van der Waals surface area (Å²) in [6.07, 6.45) is 6.81. The van der Waals surface area contributed by atoms with E-state index in [4.69, 9.17) is 0 Å². The number of nitrogens with zero attached hydrogens (tertiary/aromatic N) is 6. The molecule has 12 heteroatoms. The molecule has 0 aliphatic carbocycles. The van der Waals surface area contributed by atoms with Gasteiger partial charge in [0.25, 0.3) is 11.8 Å². The van der Waals surface area contributed by atoms with Crippen LogP contribution in [0.15, 0.2) is 79.4 Å². The van der Waals surface area contributed by atoms with E-state index in [1.807, 2.05) is 43.6 Å². The smallest absolute Gasteiger partial charge is 0.274 e. The number of rotatable bonds is 7. The molecule has 0 spiro atoms. The number of piperazine rings is 1. The number of fused-ring (bicyclic) bond motifs is 1. The third kappa shape index (κ3) is 6.37. The second-order valence-corrected chi connectivity index (χ2v) is 10.4. The summed E-state index contributed by atoms with van der Waals surface area (Å²) in [6.45, 7) is 4.11. The lowest BCUT2D eigenvalue weighted by Gasteiger charge is -2.35. The molecule has 1 aliphatic rings. The van der Waals surface area contributed by atoms with Crippen LogP contribution < -0.4 is 15.5 Å². The Kier molecular flexibility index (Phi) is 8.74. The normalized spacial score (nSPS) is 13.5. The van der Waals surface area contributed by atoms with Crippen LogP contribution in [0.4, 0.5) is 15.8 Å². The first-order chi connectivity index (χ1) is 20.4. The summed E-state index contributed by atoms with van der Waals surface area (Å²) in [5, 5.41) is 9.74. The van der Waals surface area contributed by atoms with Gasteiger partial charge in [0, 0.05) is 69.0 Å². The minimum atomic E-state index is -0.645. The number of pyridine rings is 1. The molecular weight excluding hydrogens is 571 g/mol. The fourth-order valence-corrected chi connectivity index (χ4v) is 5.14. The number of imidazole rings is 1. The Balaban J connectivity index is 0.00000368. The average molecular weight is 603 g/mol. The average Bonchev–Trinajstić information content (AvgIpc) is 3.63. The molecule has 10 nitrogen and oxygen atoms in total. The van der Waals surface area contributed by atoms with E-state index in [9.17, 15) is 14.0 Å². The second kappa shape index (κ2) is 12.6. The van der Waals surface area contributed by atoms with Crippen LogP contribution in [-0.4, -0.2) is 69.1 Å². The van der Waals surface area contributed by atoms with Crippen molar-refractivity contribution in [3.05, 3.63) is 102 Å². The van der Waals surface area contributed by atoms with Crippen LogP contribution in [0.3, 0.4) is 0 Å². The first kappa shape index (κ1) is 29.7. The predicted octanol–water partition coefficient (Wildman–Crippen LogP) is 4.23. The molecule has 0 radical (unpaired) electrons. The summed E-state index contributed by atoms with van der Waals surface area (Å²) in [6, 6.07) is 15.6. The van der Waals surface area contributed by atoms with Gasteiger partial charge in [-0.2, -0.15) is 5.10 Å². The Morgan fingerprint density at radius 2 is 1.72 bits per heavy atom. The summed E-state index contributed by atoms with van der Waals surface area (Å²) >= 11 is 0. The van der Waals surface area contributed by atoms with Crippen molar-refractivity contribution in [1.82, 2.24) is 29.4 Å². The lowest BCUT2D eigenvalue weighted by molar-refractivity contribution is 0.0949. The minimum Gasteiger partial charge on any atom is -0.369 e. The maximum absolute atomic E-state index is 14.7. The first-order valence-corrected chi connectivity index (χ1v) is 13.7. The van der Waals surface area contributed by atoms with E-state index in [-0.39, 0.29) is 35.3 Å². The van der Waals surface area contributed by atoms with Gasteiger partial charge in [-0.25, -0.2) is 9.37 Å². The molecule has 0 bridgehead atoms. The standard InChI is InChI=1S/C31H31FN8O2.ClH/c1-37-11-13-39(14-12-37)27-6-4-3-5-23(27)17-34-30(41)22-7-8-25(32)26(15-22)36-31(42)28-19-33-29-16-21(9-10-40(28)29)24-18-35-38(2)20-24;/h3-10,15-16,18-20H,11-14,17H2,1-2H3,(H,34,41)(H,36,42);1H. The van der Waals surface area contributed by atoms with Gasteiger partial charge in [0.05, 0.1) is 18.1 Å². The van der Waals surface area contributed by atoms with Crippen LogP contribution in [0.1, 0.15) is 26.4 Å². The molecule has 0 atom stereocenters. The van der Waals surface area contributed by atoms with Crippen molar-refractivity contribution >= 4 is 41.2 Å². The van der Waals surface area contributed by atoms with Gasteiger partial charge in [0.1, 0.15) is 17.2 Å². The van der Waals surface area contributed by atoms with E-state index in [1.54, 1.807) is 21.5 Å². The van der Waals surface area contributed by atoms with Crippen molar-refractivity contribution in [2.45, 2.75) is 6.54 Å². The van der Waals surface area contributed by atoms with Crippen molar-refractivity contribution in [1.29, 1.82) is 0 Å². The lowest BCUT2D eigenvalue weighted by atomic mass is 10.1. The fourth-order valence-electron chi connectivity index (χ4n) is 5.14. The van der Waals surface area contributed by atoms with Crippen LogP contribution >= 0.6 is 12.4 Å². The zero-order chi connectivity index (χ0) is 29.2. The number of benzene rings is 2. The van der Waals surface area contributed by atoms with Crippen molar-refractivity contribution in [3.63, 3.8) is 0 Å². The van der Waals surface area contributed by atoms with E-state index >= 15 is 0 Å². The number of amides is 2. The molecule has 2 amide bonds. The number of carbonyl (C=O) groups is 2. The largest absolute Gasteiger partial charge is 0.369 e. The van der Waals surface area contributed by atoms with Crippen LogP contribution in [-0.2, 0) is 13.6 Å². The fraction of sp³-hybridized carbons (Fsp3) is 0.226. The van der Waals surface area contributed by atoms with Crippen LogP contribution in [0.25, 0.3) is 16.8 Å². The molecular formula is C31H32ClFN8O2. The molecule has 4 heterocycles. The van der Waals surface area contributed by atoms with Gasteiger partial charge < -0.3 is 20.4 Å². The van der Waals surface area contributed by atoms with Gasteiger partial charge in [-0.3, -0.25) is 18.7 Å². The first-order valence-electron chi connectivity index (χ1n) is 13.7. The minimum absolute atomic E-state index is 0. The van der Waals surface area contributed by atoms with Crippen LogP contribution in [0.2, 0.25) is 0 Å². The third-order valence-electron chi connectivity index (χ3n) is 7.54. The zero-order valence-electron chi connectivity index (χ0n) is 23.8. The summed E-state index contributed by atoms with van der Waals surface area (Å²) in [4.78, 5) is 35.2. The Hall–Kier alpha value is -4.74. The van der Waals surface area contributed by atoms with Crippen LogP contribution in [0.5, 0.6) is 0 Å². The highest BCUT2D eigenvalue weighted by molar-refractivity contribution is 6.04. The molecule has 43 heavy (non-hydrogen) atoms. The monoisotopic (exact) mass is 602 g/mol. The zero-order valence-corrected chi connectivity index (χ0v) is 24.6. The van der Waals surface area contributed by atoms with Gasteiger partial charge in [-0.1, -0.05) is 18.2 Å². The predicted molar refractivity (Wildman–Crippen MR) is 166 cm³/mol. The number of carbonyl (C=O) groups excluding carboxylic acids is 2. The van der Waals surface area contributed by atoms with Crippen molar-refractivity contribution in [3.8, 4) is 11.1 Å². The quantitative estimate of drug-likeness (QED) is 0.289. The van der Waals surface area contributed by atoms with Gasteiger partial charge in [-0.05, 0) is 54.6 Å².